The zero-order valence-electron chi connectivity index (χ0n) is 20.5. The first-order chi connectivity index (χ1) is 16.0. The molecule has 7 heteroatoms. The summed E-state index contributed by atoms with van der Waals surface area (Å²) >= 11 is 0. The average molecular weight is 454 g/mol. The molecule has 2 amide bonds. The molecule has 0 radical (unpaired) electrons. The molecule has 1 saturated heterocycles. The highest BCUT2D eigenvalue weighted by molar-refractivity contribution is 5.89. The zero-order chi connectivity index (χ0) is 23.6. The van der Waals surface area contributed by atoms with Crippen molar-refractivity contribution >= 4 is 17.4 Å². The number of hydrogen-bond donors (Lipinski definition) is 2. The number of carbonyl (C=O) groups excluding carboxylic acids is 1. The molecule has 2 aromatic rings. The standard InChI is InChI=1S/C26H39N5O2/c1-5-6-19-33-24-13-9-22(10-14-24)28-26(32)27-20-25(31-17-15-30(4)16-18-31)21-7-11-23(12-8-21)29(2)3/h7-14,25H,5-6,15-20H2,1-4H3,(H2,27,28,32)/t25-/m0/s1. The quantitative estimate of drug-likeness (QED) is 0.532. The van der Waals surface area contributed by atoms with Gasteiger partial charge in [-0.2, -0.15) is 0 Å². The maximum atomic E-state index is 12.6. The number of carbonyl (C=O) groups is 1. The topological polar surface area (TPSA) is 60.1 Å². The highest BCUT2D eigenvalue weighted by Gasteiger charge is 2.24. The molecular weight excluding hydrogens is 414 g/mol. The van der Waals surface area contributed by atoms with Crippen LogP contribution in [0, 0.1) is 0 Å². The van der Waals surface area contributed by atoms with E-state index in [-0.39, 0.29) is 12.1 Å². The van der Waals surface area contributed by atoms with Crippen molar-refractivity contribution in [2.24, 2.45) is 0 Å². The molecule has 180 valence electrons. The van der Waals surface area contributed by atoms with Crippen LogP contribution in [0.5, 0.6) is 5.75 Å². The minimum atomic E-state index is -0.196. The maximum Gasteiger partial charge on any atom is 0.319 e. The minimum absolute atomic E-state index is 0.134. The van der Waals surface area contributed by atoms with E-state index in [1.165, 1.54) is 11.3 Å². The third-order valence-corrected chi connectivity index (χ3v) is 6.11. The Hall–Kier alpha value is -2.77. The Morgan fingerprint density at radius 3 is 2.30 bits per heavy atom. The number of likely N-dealkylation sites (N-methyl/N-ethyl adjacent to an activating group) is 1. The number of piperazine rings is 1. The molecule has 0 aliphatic carbocycles. The Morgan fingerprint density at radius 2 is 1.70 bits per heavy atom. The van der Waals surface area contributed by atoms with Crippen LogP contribution in [-0.2, 0) is 0 Å². The second-order valence-corrected chi connectivity index (χ2v) is 8.90. The summed E-state index contributed by atoms with van der Waals surface area (Å²) in [6.07, 6.45) is 2.14. The van der Waals surface area contributed by atoms with Crippen LogP contribution in [0.2, 0.25) is 0 Å². The van der Waals surface area contributed by atoms with E-state index in [4.69, 9.17) is 4.74 Å². The first kappa shape index (κ1) is 24.9. The van der Waals surface area contributed by atoms with E-state index < -0.39 is 0 Å². The molecule has 1 aliphatic heterocycles. The summed E-state index contributed by atoms with van der Waals surface area (Å²) in [4.78, 5) is 19.5. The fraction of sp³-hybridized carbons (Fsp3) is 0.500. The van der Waals surface area contributed by atoms with Gasteiger partial charge in [-0.05, 0) is 55.4 Å². The van der Waals surface area contributed by atoms with Crippen molar-refractivity contribution in [1.82, 2.24) is 15.1 Å². The molecule has 2 N–H and O–H groups in total. The molecule has 1 fully saturated rings. The monoisotopic (exact) mass is 453 g/mol. The fourth-order valence-electron chi connectivity index (χ4n) is 3.92. The SMILES string of the molecule is CCCCOc1ccc(NC(=O)NC[C@@H](c2ccc(N(C)C)cc2)N2CCN(C)CC2)cc1. The summed E-state index contributed by atoms with van der Waals surface area (Å²) in [7, 11) is 6.25. The van der Waals surface area contributed by atoms with E-state index in [1.807, 2.05) is 38.4 Å². The van der Waals surface area contributed by atoms with E-state index in [1.54, 1.807) is 0 Å². The summed E-state index contributed by atoms with van der Waals surface area (Å²) in [6.45, 7) is 7.44. The van der Waals surface area contributed by atoms with Gasteiger partial charge in [0.25, 0.3) is 0 Å². The smallest absolute Gasteiger partial charge is 0.319 e. The zero-order valence-corrected chi connectivity index (χ0v) is 20.5. The second kappa shape index (κ2) is 12.5. The Morgan fingerprint density at radius 1 is 1.03 bits per heavy atom. The van der Waals surface area contributed by atoms with Crippen molar-refractivity contribution in [3.8, 4) is 5.75 Å². The van der Waals surface area contributed by atoms with Gasteiger partial charge in [0.05, 0.1) is 12.6 Å². The van der Waals surface area contributed by atoms with Gasteiger partial charge in [-0.1, -0.05) is 25.5 Å². The van der Waals surface area contributed by atoms with E-state index in [2.05, 4.69) is 63.6 Å². The number of rotatable bonds is 10. The average Bonchev–Trinajstić information content (AvgIpc) is 2.82. The number of nitrogens with zero attached hydrogens (tertiary/aromatic N) is 3. The highest BCUT2D eigenvalue weighted by atomic mass is 16.5. The molecule has 1 heterocycles. The van der Waals surface area contributed by atoms with Gasteiger partial charge in [-0.25, -0.2) is 4.79 Å². The lowest BCUT2D eigenvalue weighted by atomic mass is 10.0. The molecule has 7 nitrogen and oxygen atoms in total. The number of ether oxygens (including phenoxy) is 1. The van der Waals surface area contributed by atoms with Crippen molar-refractivity contribution in [3.05, 3.63) is 54.1 Å². The molecular formula is C26H39N5O2. The van der Waals surface area contributed by atoms with Crippen molar-refractivity contribution in [1.29, 1.82) is 0 Å². The molecule has 0 aromatic heterocycles. The normalized spacial score (nSPS) is 15.6. The second-order valence-electron chi connectivity index (χ2n) is 8.90. The molecule has 1 atom stereocenters. The summed E-state index contributed by atoms with van der Waals surface area (Å²) in [6, 6.07) is 16.1. The molecule has 0 saturated carbocycles. The summed E-state index contributed by atoms with van der Waals surface area (Å²) in [5, 5.41) is 6.02. The lowest BCUT2D eigenvalue weighted by Crippen LogP contribution is -2.48. The van der Waals surface area contributed by atoms with Gasteiger partial charge in [0.15, 0.2) is 0 Å². The van der Waals surface area contributed by atoms with Crippen LogP contribution >= 0.6 is 0 Å². The predicted molar refractivity (Wildman–Crippen MR) is 136 cm³/mol. The van der Waals surface area contributed by atoms with Crippen LogP contribution < -0.4 is 20.3 Å². The molecule has 3 rings (SSSR count). The fourth-order valence-corrected chi connectivity index (χ4v) is 3.92. The molecule has 1 aliphatic rings. The lowest BCUT2D eigenvalue weighted by molar-refractivity contribution is 0.111. The minimum Gasteiger partial charge on any atom is -0.494 e. The van der Waals surface area contributed by atoms with Gasteiger partial charge in [-0.15, -0.1) is 0 Å². The number of unbranched alkanes of at least 4 members (excludes halogenated alkanes) is 1. The van der Waals surface area contributed by atoms with Gasteiger partial charge in [0.1, 0.15) is 5.75 Å². The summed E-state index contributed by atoms with van der Waals surface area (Å²) < 4.78 is 5.69. The molecule has 0 bridgehead atoms. The van der Waals surface area contributed by atoms with Crippen LogP contribution in [0.25, 0.3) is 0 Å². The maximum absolute atomic E-state index is 12.6. The first-order valence-electron chi connectivity index (χ1n) is 11.9. The van der Waals surface area contributed by atoms with E-state index >= 15 is 0 Å². The number of amides is 2. The Labute approximate surface area is 198 Å². The highest BCUT2D eigenvalue weighted by Crippen LogP contribution is 2.24. The number of anilines is 2. The number of benzene rings is 2. The lowest BCUT2D eigenvalue weighted by Gasteiger charge is -2.38. The number of urea groups is 1. The first-order valence-corrected chi connectivity index (χ1v) is 11.9. The predicted octanol–water partition coefficient (Wildman–Crippen LogP) is 4.04. The van der Waals surface area contributed by atoms with Gasteiger partial charge in [0, 0.05) is 58.2 Å². The van der Waals surface area contributed by atoms with Crippen molar-refractivity contribution in [3.63, 3.8) is 0 Å². The Bertz CT molecular complexity index is 846. The van der Waals surface area contributed by atoms with E-state index in [9.17, 15) is 4.79 Å². The summed E-state index contributed by atoms with van der Waals surface area (Å²) in [5.41, 5.74) is 3.14. The molecule has 0 spiro atoms. The van der Waals surface area contributed by atoms with Crippen LogP contribution in [0.3, 0.4) is 0 Å². The van der Waals surface area contributed by atoms with Gasteiger partial charge < -0.3 is 25.2 Å². The van der Waals surface area contributed by atoms with Gasteiger partial charge in [0.2, 0.25) is 0 Å². The third-order valence-electron chi connectivity index (χ3n) is 6.11. The van der Waals surface area contributed by atoms with Crippen LogP contribution in [0.1, 0.15) is 31.4 Å². The van der Waals surface area contributed by atoms with Crippen LogP contribution in [-0.4, -0.2) is 76.3 Å². The van der Waals surface area contributed by atoms with E-state index in [0.717, 1.165) is 50.5 Å². The molecule has 2 aromatic carbocycles. The van der Waals surface area contributed by atoms with Crippen molar-refractivity contribution < 1.29 is 9.53 Å². The largest absolute Gasteiger partial charge is 0.494 e. The molecule has 0 unspecified atom stereocenters. The Kier molecular flexibility index (Phi) is 9.39. The number of hydrogen-bond acceptors (Lipinski definition) is 5. The van der Waals surface area contributed by atoms with Crippen LogP contribution in [0.4, 0.5) is 16.2 Å². The van der Waals surface area contributed by atoms with Crippen molar-refractivity contribution in [2.45, 2.75) is 25.8 Å². The van der Waals surface area contributed by atoms with Crippen molar-refractivity contribution in [2.75, 3.05) is 70.7 Å². The van der Waals surface area contributed by atoms with Gasteiger partial charge in [-0.3, -0.25) is 4.90 Å². The summed E-state index contributed by atoms with van der Waals surface area (Å²) in [5.74, 6) is 0.825. The number of nitrogens with one attached hydrogen (secondary N) is 2. The third kappa shape index (κ3) is 7.65. The molecule has 33 heavy (non-hydrogen) atoms. The Balaban J connectivity index is 1.59. The van der Waals surface area contributed by atoms with E-state index in [0.29, 0.717) is 13.2 Å². The van der Waals surface area contributed by atoms with Crippen LogP contribution in [0.15, 0.2) is 48.5 Å². The van der Waals surface area contributed by atoms with Gasteiger partial charge >= 0.3 is 6.03 Å².